The van der Waals surface area contributed by atoms with E-state index in [2.05, 4.69) is 10.3 Å². The average molecular weight is 220 g/mol. The number of aromatic nitrogens is 3. The Labute approximate surface area is 81.9 Å². The largest absolute Gasteiger partial charge is 0.383 e. The lowest BCUT2D eigenvalue weighted by Gasteiger charge is -2.10. The van der Waals surface area contributed by atoms with Gasteiger partial charge in [0.05, 0.1) is 30.8 Å². The van der Waals surface area contributed by atoms with Gasteiger partial charge < -0.3 is 10.5 Å². The summed E-state index contributed by atoms with van der Waals surface area (Å²) < 4.78 is 28.0. The van der Waals surface area contributed by atoms with Crippen molar-refractivity contribution in [3.05, 3.63) is 11.9 Å². The second-order valence-electron chi connectivity index (χ2n) is 2.83. The van der Waals surface area contributed by atoms with Crippen molar-refractivity contribution < 1.29 is 13.2 Å². The molecule has 0 saturated carbocycles. The zero-order chi connectivity index (χ0) is 10.8. The Morgan fingerprint density at radius 2 is 2.36 bits per heavy atom. The van der Waals surface area contributed by atoms with Gasteiger partial charge in [-0.05, 0) is 0 Å². The highest BCUT2D eigenvalue weighted by Crippen LogP contribution is 2.09. The normalized spacial score (nSPS) is 14.2. The second kappa shape index (κ2) is 4.03. The van der Waals surface area contributed by atoms with Gasteiger partial charge in [0.25, 0.3) is 10.0 Å². The highest BCUT2D eigenvalue weighted by Gasteiger charge is 2.18. The maximum Gasteiger partial charge on any atom is 0.252 e. The second-order valence-corrected chi connectivity index (χ2v) is 4.64. The molecule has 0 aliphatic heterocycles. The Balaban J connectivity index is 3.05. The first-order chi connectivity index (χ1) is 6.46. The predicted octanol–water partition coefficient (Wildman–Crippen LogP) is -1.27. The molecule has 0 radical (unpaired) electrons. The zero-order valence-electron chi connectivity index (χ0n) is 7.91. The minimum atomic E-state index is -3.45. The van der Waals surface area contributed by atoms with E-state index in [9.17, 15) is 8.42 Å². The lowest BCUT2D eigenvalue weighted by molar-refractivity contribution is 0.179. The van der Waals surface area contributed by atoms with Crippen molar-refractivity contribution in [1.29, 1.82) is 0 Å². The van der Waals surface area contributed by atoms with Crippen LogP contribution in [0.15, 0.2) is 6.20 Å². The van der Waals surface area contributed by atoms with Gasteiger partial charge in [-0.2, -0.15) is 0 Å². The number of nitrogens with two attached hydrogens (primary N) is 1. The molecular formula is C6H12N4O3S. The Hall–Kier alpha value is -0.990. The van der Waals surface area contributed by atoms with E-state index >= 15 is 0 Å². The van der Waals surface area contributed by atoms with Gasteiger partial charge in [0, 0.05) is 7.11 Å². The molecule has 1 heterocycles. The summed E-state index contributed by atoms with van der Waals surface area (Å²) in [6, 6.07) is -0.551. The molecule has 1 atom stereocenters. The van der Waals surface area contributed by atoms with E-state index in [0.717, 1.165) is 10.3 Å². The summed E-state index contributed by atoms with van der Waals surface area (Å²) in [5.74, 6) is 0. The zero-order valence-corrected chi connectivity index (χ0v) is 8.73. The van der Waals surface area contributed by atoms with E-state index in [1.807, 2.05) is 0 Å². The first-order valence-electron chi connectivity index (χ1n) is 3.82. The van der Waals surface area contributed by atoms with Crippen molar-refractivity contribution in [1.82, 2.24) is 14.4 Å². The molecule has 0 amide bonds. The molecule has 14 heavy (non-hydrogen) atoms. The van der Waals surface area contributed by atoms with Gasteiger partial charge in [-0.3, -0.25) is 0 Å². The lowest BCUT2D eigenvalue weighted by atomic mass is 10.2. The Kier molecular flexibility index (Phi) is 3.19. The van der Waals surface area contributed by atoms with Crippen LogP contribution in [0.5, 0.6) is 0 Å². The minimum Gasteiger partial charge on any atom is -0.383 e. The highest BCUT2D eigenvalue weighted by atomic mass is 32.2. The van der Waals surface area contributed by atoms with Crippen LogP contribution in [-0.4, -0.2) is 42.8 Å². The third-order valence-electron chi connectivity index (χ3n) is 1.58. The van der Waals surface area contributed by atoms with Crippen molar-refractivity contribution in [2.24, 2.45) is 5.73 Å². The molecule has 0 spiro atoms. The summed E-state index contributed by atoms with van der Waals surface area (Å²) in [6.07, 6.45) is 2.34. The van der Waals surface area contributed by atoms with E-state index in [0.29, 0.717) is 5.69 Å². The lowest BCUT2D eigenvalue weighted by Crippen LogP contribution is -2.24. The molecule has 0 saturated heterocycles. The standard InChI is InChI=1S/C6H12N4O3S/c1-13-4-5(7)6-3-8-9-10(6)14(2,11)12/h3,5H,4,7H2,1-2H3/t5-/m0/s1. The first-order valence-corrected chi connectivity index (χ1v) is 5.67. The molecule has 7 nitrogen and oxygen atoms in total. The van der Waals surface area contributed by atoms with Crippen molar-refractivity contribution >= 4 is 10.0 Å². The maximum absolute atomic E-state index is 11.2. The minimum absolute atomic E-state index is 0.211. The molecule has 0 unspecified atom stereocenters. The number of methoxy groups -OCH3 is 1. The molecule has 0 aromatic carbocycles. The molecule has 0 aliphatic carbocycles. The fourth-order valence-corrected chi connectivity index (χ4v) is 1.73. The number of ether oxygens (including phenoxy) is 1. The van der Waals surface area contributed by atoms with Crippen LogP contribution in [0, 0.1) is 0 Å². The van der Waals surface area contributed by atoms with Gasteiger partial charge >= 0.3 is 0 Å². The molecule has 8 heteroatoms. The summed E-state index contributed by atoms with van der Waals surface area (Å²) in [5, 5.41) is 6.92. The summed E-state index contributed by atoms with van der Waals surface area (Å²) in [7, 11) is -1.97. The van der Waals surface area contributed by atoms with Crippen LogP contribution in [-0.2, 0) is 14.8 Å². The van der Waals surface area contributed by atoms with Crippen molar-refractivity contribution in [3.63, 3.8) is 0 Å². The number of rotatable bonds is 4. The summed E-state index contributed by atoms with van der Waals surface area (Å²) in [4.78, 5) is 0. The fraction of sp³-hybridized carbons (Fsp3) is 0.667. The topological polar surface area (TPSA) is 100 Å². The number of hydrogen-bond acceptors (Lipinski definition) is 6. The van der Waals surface area contributed by atoms with Crippen molar-refractivity contribution in [2.75, 3.05) is 20.0 Å². The SMILES string of the molecule is COC[C@H](N)c1cnnn1S(C)(=O)=O. The molecule has 0 fully saturated rings. The van der Waals surface area contributed by atoms with E-state index in [4.69, 9.17) is 10.5 Å². The van der Waals surface area contributed by atoms with Crippen molar-refractivity contribution in [2.45, 2.75) is 6.04 Å². The van der Waals surface area contributed by atoms with Gasteiger partial charge in [0.1, 0.15) is 0 Å². The van der Waals surface area contributed by atoms with Crippen LogP contribution < -0.4 is 5.73 Å². The molecule has 0 bridgehead atoms. The van der Waals surface area contributed by atoms with Gasteiger partial charge in [-0.25, -0.2) is 8.42 Å². The molecule has 80 valence electrons. The molecule has 0 aliphatic rings. The highest BCUT2D eigenvalue weighted by molar-refractivity contribution is 7.89. The van der Waals surface area contributed by atoms with E-state index < -0.39 is 16.1 Å². The van der Waals surface area contributed by atoms with Crippen LogP contribution in [0.2, 0.25) is 0 Å². The van der Waals surface area contributed by atoms with Gasteiger partial charge in [0.15, 0.2) is 0 Å². The summed E-state index contributed by atoms with van der Waals surface area (Å²) >= 11 is 0. The number of hydrogen-bond donors (Lipinski definition) is 1. The Bertz CT molecular complexity index is 399. The van der Waals surface area contributed by atoms with Crippen molar-refractivity contribution in [3.8, 4) is 0 Å². The third kappa shape index (κ3) is 2.28. The molecule has 1 aromatic heterocycles. The average Bonchev–Trinajstić information content (AvgIpc) is 2.50. The number of nitrogens with zero attached hydrogens (tertiary/aromatic N) is 3. The van der Waals surface area contributed by atoms with Gasteiger partial charge in [-0.15, -0.1) is 9.19 Å². The summed E-state index contributed by atoms with van der Waals surface area (Å²) in [5.41, 5.74) is 5.97. The van der Waals surface area contributed by atoms with E-state index in [1.54, 1.807) is 0 Å². The first kappa shape index (κ1) is 11.1. The van der Waals surface area contributed by atoms with Crippen LogP contribution in [0.1, 0.15) is 11.7 Å². The van der Waals surface area contributed by atoms with E-state index in [1.165, 1.54) is 13.3 Å². The summed E-state index contributed by atoms with van der Waals surface area (Å²) in [6.45, 7) is 0.211. The van der Waals surface area contributed by atoms with Crippen LogP contribution >= 0.6 is 0 Å². The van der Waals surface area contributed by atoms with Crippen LogP contribution in [0.25, 0.3) is 0 Å². The van der Waals surface area contributed by atoms with Gasteiger partial charge in [-0.1, -0.05) is 5.21 Å². The quantitative estimate of drug-likeness (QED) is 0.679. The van der Waals surface area contributed by atoms with Crippen LogP contribution in [0.3, 0.4) is 0 Å². The van der Waals surface area contributed by atoms with Gasteiger partial charge in [0.2, 0.25) is 0 Å². The molecule has 1 aromatic rings. The van der Waals surface area contributed by atoms with Crippen LogP contribution in [0.4, 0.5) is 0 Å². The maximum atomic E-state index is 11.2. The molecule has 1 rings (SSSR count). The Morgan fingerprint density at radius 1 is 1.71 bits per heavy atom. The third-order valence-corrected chi connectivity index (χ3v) is 2.50. The monoisotopic (exact) mass is 220 g/mol. The Morgan fingerprint density at radius 3 is 2.86 bits per heavy atom. The predicted molar refractivity (Wildman–Crippen MR) is 49.1 cm³/mol. The van der Waals surface area contributed by atoms with E-state index in [-0.39, 0.29) is 6.61 Å². The smallest absolute Gasteiger partial charge is 0.252 e. The molecular weight excluding hydrogens is 208 g/mol. The fourth-order valence-electron chi connectivity index (χ4n) is 0.993. The molecule has 2 N–H and O–H groups in total.